The molecule has 1 aliphatic heterocycles. The molecule has 1 aliphatic rings. The molecule has 0 saturated carbocycles. The molecule has 0 amide bonds. The Bertz CT molecular complexity index is 685. The van der Waals surface area contributed by atoms with Gasteiger partial charge >= 0.3 is 0 Å². The summed E-state index contributed by atoms with van der Waals surface area (Å²) in [6.07, 6.45) is 2.71. The molecule has 1 aromatic carbocycles. The molecule has 3 rings (SSSR count). The zero-order valence-electron chi connectivity index (χ0n) is 15.3. The number of para-hydroxylation sites is 2. The molecular formula is C19H27N5O. The van der Waals surface area contributed by atoms with E-state index in [0.29, 0.717) is 6.04 Å². The fraction of sp³-hybridized carbons (Fsp3) is 0.474. The SMILES string of the molecule is CCC(C)Nc1cc(N2CCN(c3ccccc3OC)CC2)ncn1. The molecule has 0 aliphatic carbocycles. The zero-order chi connectivity index (χ0) is 17.6. The van der Waals surface area contributed by atoms with Gasteiger partial charge in [-0.3, -0.25) is 0 Å². The van der Waals surface area contributed by atoms with Gasteiger partial charge in [-0.2, -0.15) is 0 Å². The monoisotopic (exact) mass is 341 g/mol. The van der Waals surface area contributed by atoms with E-state index in [0.717, 1.165) is 55.7 Å². The van der Waals surface area contributed by atoms with Crippen molar-refractivity contribution in [3.63, 3.8) is 0 Å². The number of hydrogen-bond donors (Lipinski definition) is 1. The van der Waals surface area contributed by atoms with E-state index >= 15 is 0 Å². The third kappa shape index (κ3) is 4.13. The first-order chi connectivity index (χ1) is 12.2. The minimum Gasteiger partial charge on any atom is -0.495 e. The van der Waals surface area contributed by atoms with E-state index in [2.05, 4.69) is 51.1 Å². The number of aromatic nitrogens is 2. The topological polar surface area (TPSA) is 53.5 Å². The van der Waals surface area contributed by atoms with Gasteiger partial charge in [0.2, 0.25) is 0 Å². The van der Waals surface area contributed by atoms with Crippen LogP contribution in [0.3, 0.4) is 0 Å². The highest BCUT2D eigenvalue weighted by molar-refractivity contribution is 5.60. The molecule has 134 valence electrons. The number of hydrogen-bond acceptors (Lipinski definition) is 6. The van der Waals surface area contributed by atoms with Crippen molar-refractivity contribution in [2.75, 3.05) is 48.4 Å². The van der Waals surface area contributed by atoms with E-state index in [1.807, 2.05) is 18.2 Å². The average molecular weight is 341 g/mol. The van der Waals surface area contributed by atoms with Crippen LogP contribution < -0.4 is 19.9 Å². The molecule has 1 atom stereocenters. The molecule has 0 spiro atoms. The van der Waals surface area contributed by atoms with Crippen LogP contribution in [0.4, 0.5) is 17.3 Å². The number of piperazine rings is 1. The van der Waals surface area contributed by atoms with Crippen LogP contribution in [-0.2, 0) is 0 Å². The summed E-state index contributed by atoms with van der Waals surface area (Å²) in [7, 11) is 1.72. The minimum absolute atomic E-state index is 0.408. The predicted octanol–water partition coefficient (Wildman–Crippen LogP) is 3.02. The van der Waals surface area contributed by atoms with E-state index in [-0.39, 0.29) is 0 Å². The first kappa shape index (κ1) is 17.3. The summed E-state index contributed by atoms with van der Waals surface area (Å²) in [5, 5.41) is 3.42. The fourth-order valence-corrected chi connectivity index (χ4v) is 3.02. The maximum atomic E-state index is 5.49. The van der Waals surface area contributed by atoms with E-state index in [4.69, 9.17) is 4.74 Å². The number of benzene rings is 1. The van der Waals surface area contributed by atoms with Gasteiger partial charge < -0.3 is 19.9 Å². The molecule has 1 aromatic heterocycles. The maximum Gasteiger partial charge on any atom is 0.142 e. The number of anilines is 3. The Morgan fingerprint density at radius 3 is 2.56 bits per heavy atom. The molecule has 0 bridgehead atoms. The van der Waals surface area contributed by atoms with Crippen molar-refractivity contribution in [2.24, 2.45) is 0 Å². The zero-order valence-corrected chi connectivity index (χ0v) is 15.3. The molecular weight excluding hydrogens is 314 g/mol. The highest BCUT2D eigenvalue weighted by Crippen LogP contribution is 2.29. The third-order valence-corrected chi connectivity index (χ3v) is 4.69. The van der Waals surface area contributed by atoms with Crippen molar-refractivity contribution in [2.45, 2.75) is 26.3 Å². The van der Waals surface area contributed by atoms with Gasteiger partial charge in [-0.1, -0.05) is 19.1 Å². The number of nitrogens with one attached hydrogen (secondary N) is 1. The highest BCUT2D eigenvalue weighted by atomic mass is 16.5. The van der Waals surface area contributed by atoms with Crippen molar-refractivity contribution in [1.82, 2.24) is 9.97 Å². The summed E-state index contributed by atoms with van der Waals surface area (Å²) in [6, 6.07) is 10.6. The molecule has 6 heteroatoms. The van der Waals surface area contributed by atoms with Gasteiger partial charge in [0, 0.05) is 38.3 Å². The third-order valence-electron chi connectivity index (χ3n) is 4.69. The summed E-state index contributed by atoms with van der Waals surface area (Å²) in [5.41, 5.74) is 1.16. The summed E-state index contributed by atoms with van der Waals surface area (Å²) >= 11 is 0. The lowest BCUT2D eigenvalue weighted by atomic mass is 10.2. The molecule has 2 heterocycles. The predicted molar refractivity (Wildman–Crippen MR) is 103 cm³/mol. The van der Waals surface area contributed by atoms with Gasteiger partial charge in [-0.25, -0.2) is 9.97 Å². The van der Waals surface area contributed by atoms with Crippen molar-refractivity contribution in [3.05, 3.63) is 36.7 Å². The molecule has 2 aromatic rings. The Morgan fingerprint density at radius 2 is 1.84 bits per heavy atom. The van der Waals surface area contributed by atoms with E-state index in [9.17, 15) is 0 Å². The second-order valence-corrected chi connectivity index (χ2v) is 6.36. The van der Waals surface area contributed by atoms with Crippen molar-refractivity contribution in [3.8, 4) is 5.75 Å². The number of ether oxygens (including phenoxy) is 1. The summed E-state index contributed by atoms with van der Waals surface area (Å²) in [6.45, 7) is 8.07. The van der Waals surface area contributed by atoms with Crippen LogP contribution >= 0.6 is 0 Å². The van der Waals surface area contributed by atoms with Crippen LogP contribution in [0.15, 0.2) is 36.7 Å². The van der Waals surface area contributed by atoms with Crippen LogP contribution in [0.5, 0.6) is 5.75 Å². The normalized spacial score (nSPS) is 15.8. The van der Waals surface area contributed by atoms with Crippen molar-refractivity contribution in [1.29, 1.82) is 0 Å². The number of nitrogens with zero attached hydrogens (tertiary/aromatic N) is 4. The van der Waals surface area contributed by atoms with Gasteiger partial charge in [-0.05, 0) is 25.5 Å². The maximum absolute atomic E-state index is 5.49. The first-order valence-electron chi connectivity index (χ1n) is 8.92. The van der Waals surface area contributed by atoms with Gasteiger partial charge in [0.05, 0.1) is 12.8 Å². The lowest BCUT2D eigenvalue weighted by Gasteiger charge is -2.37. The highest BCUT2D eigenvalue weighted by Gasteiger charge is 2.20. The Balaban J connectivity index is 1.65. The first-order valence-corrected chi connectivity index (χ1v) is 8.92. The van der Waals surface area contributed by atoms with Crippen LogP contribution in [0.1, 0.15) is 20.3 Å². The summed E-state index contributed by atoms with van der Waals surface area (Å²) < 4.78 is 5.49. The van der Waals surface area contributed by atoms with Crippen LogP contribution in [0, 0.1) is 0 Å². The smallest absolute Gasteiger partial charge is 0.142 e. The second-order valence-electron chi connectivity index (χ2n) is 6.36. The van der Waals surface area contributed by atoms with Gasteiger partial charge in [0.15, 0.2) is 0 Å². The molecule has 25 heavy (non-hydrogen) atoms. The summed E-state index contributed by atoms with van der Waals surface area (Å²) in [5.74, 6) is 2.81. The number of methoxy groups -OCH3 is 1. The fourth-order valence-electron chi connectivity index (χ4n) is 3.02. The molecule has 1 saturated heterocycles. The van der Waals surface area contributed by atoms with Crippen molar-refractivity contribution < 1.29 is 4.74 Å². The second kappa shape index (κ2) is 8.05. The molecule has 1 unspecified atom stereocenters. The molecule has 6 nitrogen and oxygen atoms in total. The Morgan fingerprint density at radius 1 is 1.12 bits per heavy atom. The van der Waals surface area contributed by atoms with Gasteiger partial charge in [0.1, 0.15) is 23.7 Å². The average Bonchev–Trinajstić information content (AvgIpc) is 2.68. The lowest BCUT2D eigenvalue weighted by molar-refractivity contribution is 0.413. The lowest BCUT2D eigenvalue weighted by Crippen LogP contribution is -2.47. The van der Waals surface area contributed by atoms with E-state index in [1.165, 1.54) is 0 Å². The Hall–Kier alpha value is -2.50. The molecule has 0 radical (unpaired) electrons. The molecule has 1 fully saturated rings. The van der Waals surface area contributed by atoms with Gasteiger partial charge in [0.25, 0.3) is 0 Å². The molecule has 1 N–H and O–H groups in total. The largest absolute Gasteiger partial charge is 0.495 e. The Kier molecular flexibility index (Phi) is 5.58. The Labute approximate surface area is 149 Å². The summed E-state index contributed by atoms with van der Waals surface area (Å²) in [4.78, 5) is 13.5. The van der Waals surface area contributed by atoms with Crippen LogP contribution in [-0.4, -0.2) is 49.3 Å². The van der Waals surface area contributed by atoms with Crippen LogP contribution in [0.25, 0.3) is 0 Å². The number of rotatable bonds is 6. The van der Waals surface area contributed by atoms with E-state index < -0.39 is 0 Å². The van der Waals surface area contributed by atoms with Crippen LogP contribution in [0.2, 0.25) is 0 Å². The standard InChI is InChI=1S/C19H27N5O/c1-4-15(2)22-18-13-19(21-14-20-18)24-11-9-23(10-12-24)16-7-5-6-8-17(16)25-3/h5-8,13-15H,4,9-12H2,1-3H3,(H,20,21,22). The minimum atomic E-state index is 0.408. The van der Waals surface area contributed by atoms with Gasteiger partial charge in [-0.15, -0.1) is 0 Å². The van der Waals surface area contributed by atoms with Crippen molar-refractivity contribution >= 4 is 17.3 Å². The quantitative estimate of drug-likeness (QED) is 0.872. The van der Waals surface area contributed by atoms with E-state index in [1.54, 1.807) is 13.4 Å².